The number of furan rings is 1. The van der Waals surface area contributed by atoms with Crippen molar-refractivity contribution in [2.45, 2.75) is 19.9 Å². The highest BCUT2D eigenvalue weighted by Crippen LogP contribution is 2.24. The number of H-pyrrole nitrogens is 2. The SMILES string of the molecule is Cc1[nH]c2ccccc2c1Cc1n[nH]c(=S)n1Cc1ccco1. The van der Waals surface area contributed by atoms with Gasteiger partial charge in [0, 0.05) is 23.0 Å². The van der Waals surface area contributed by atoms with Crippen molar-refractivity contribution in [1.82, 2.24) is 19.7 Å². The molecule has 3 aromatic heterocycles. The summed E-state index contributed by atoms with van der Waals surface area (Å²) >= 11 is 5.37. The molecule has 1 aromatic carbocycles. The third-order valence-electron chi connectivity index (χ3n) is 4.09. The van der Waals surface area contributed by atoms with Gasteiger partial charge in [0.2, 0.25) is 0 Å². The lowest BCUT2D eigenvalue weighted by molar-refractivity contribution is 0.488. The molecule has 0 fully saturated rings. The average Bonchev–Trinajstić information content (AvgIpc) is 3.24. The fourth-order valence-corrected chi connectivity index (χ4v) is 3.14. The van der Waals surface area contributed by atoms with E-state index in [1.165, 1.54) is 10.9 Å². The number of nitrogens with one attached hydrogen (secondary N) is 2. The summed E-state index contributed by atoms with van der Waals surface area (Å²) in [5, 5.41) is 8.53. The Morgan fingerprint density at radius 1 is 1.22 bits per heavy atom. The molecule has 0 saturated heterocycles. The van der Waals surface area contributed by atoms with E-state index in [0.717, 1.165) is 22.8 Å². The maximum atomic E-state index is 5.43. The molecule has 3 heterocycles. The van der Waals surface area contributed by atoms with Gasteiger partial charge in [-0.05, 0) is 42.9 Å². The largest absolute Gasteiger partial charge is 0.467 e. The molecule has 4 rings (SSSR count). The fourth-order valence-electron chi connectivity index (χ4n) is 2.93. The summed E-state index contributed by atoms with van der Waals surface area (Å²) in [5.74, 6) is 1.76. The Labute approximate surface area is 138 Å². The molecule has 2 N–H and O–H groups in total. The van der Waals surface area contributed by atoms with Gasteiger partial charge in [0.1, 0.15) is 11.6 Å². The van der Waals surface area contributed by atoms with Gasteiger partial charge in [-0.1, -0.05) is 18.2 Å². The summed E-state index contributed by atoms with van der Waals surface area (Å²) in [6.45, 7) is 2.67. The molecule has 0 aliphatic rings. The van der Waals surface area contributed by atoms with Crippen molar-refractivity contribution in [2.75, 3.05) is 0 Å². The highest BCUT2D eigenvalue weighted by Gasteiger charge is 2.14. The monoisotopic (exact) mass is 324 g/mol. The van der Waals surface area contributed by atoms with Crippen molar-refractivity contribution in [3.8, 4) is 0 Å². The zero-order chi connectivity index (χ0) is 15.8. The van der Waals surface area contributed by atoms with Crippen LogP contribution in [0.4, 0.5) is 0 Å². The third kappa shape index (κ3) is 2.51. The van der Waals surface area contributed by atoms with Gasteiger partial charge in [0.25, 0.3) is 0 Å². The molecule has 0 amide bonds. The molecule has 0 aliphatic heterocycles. The minimum absolute atomic E-state index is 0.582. The number of fused-ring (bicyclic) bond motifs is 1. The standard InChI is InChI=1S/C17H16N4OS/c1-11-14(13-6-2-3-7-15(13)18-11)9-16-19-20-17(23)21(16)10-12-5-4-8-22-12/h2-8,18H,9-10H2,1H3,(H,20,23). The minimum atomic E-state index is 0.582. The summed E-state index contributed by atoms with van der Waals surface area (Å²) in [5.41, 5.74) is 3.55. The molecule has 0 saturated carbocycles. The van der Waals surface area contributed by atoms with E-state index < -0.39 is 0 Å². The molecular weight excluding hydrogens is 308 g/mol. The predicted octanol–water partition coefficient (Wildman–Crippen LogP) is 3.96. The molecule has 0 bridgehead atoms. The molecular formula is C17H16N4OS. The van der Waals surface area contributed by atoms with Crippen molar-refractivity contribution in [2.24, 2.45) is 0 Å². The van der Waals surface area contributed by atoms with Crippen LogP contribution in [0.15, 0.2) is 47.1 Å². The number of para-hydroxylation sites is 1. The van der Waals surface area contributed by atoms with E-state index in [2.05, 4.69) is 40.3 Å². The van der Waals surface area contributed by atoms with Crippen LogP contribution in [0.1, 0.15) is 22.8 Å². The number of aryl methyl sites for hydroxylation is 1. The Bertz CT molecular complexity index is 1010. The van der Waals surface area contributed by atoms with Crippen LogP contribution in [0.5, 0.6) is 0 Å². The number of hydrogen-bond acceptors (Lipinski definition) is 3. The van der Waals surface area contributed by atoms with Crippen LogP contribution in [0.25, 0.3) is 10.9 Å². The maximum Gasteiger partial charge on any atom is 0.195 e. The lowest BCUT2D eigenvalue weighted by Gasteiger charge is -2.05. The Morgan fingerprint density at radius 3 is 2.91 bits per heavy atom. The Balaban J connectivity index is 1.74. The summed E-state index contributed by atoms with van der Waals surface area (Å²) in [4.78, 5) is 3.43. The van der Waals surface area contributed by atoms with Crippen LogP contribution in [0.3, 0.4) is 0 Å². The number of rotatable bonds is 4. The lowest BCUT2D eigenvalue weighted by Crippen LogP contribution is -2.06. The summed E-state index contributed by atoms with van der Waals surface area (Å²) in [7, 11) is 0. The molecule has 0 atom stereocenters. The summed E-state index contributed by atoms with van der Waals surface area (Å²) < 4.78 is 8.02. The zero-order valence-corrected chi connectivity index (χ0v) is 13.5. The highest BCUT2D eigenvalue weighted by molar-refractivity contribution is 7.71. The number of aromatic nitrogens is 4. The number of benzene rings is 1. The van der Waals surface area contributed by atoms with Crippen LogP contribution < -0.4 is 0 Å². The van der Waals surface area contributed by atoms with Gasteiger partial charge in [0.05, 0.1) is 12.8 Å². The first kappa shape index (κ1) is 14.0. The maximum absolute atomic E-state index is 5.43. The first-order chi connectivity index (χ1) is 11.2. The highest BCUT2D eigenvalue weighted by atomic mass is 32.1. The number of hydrogen-bond donors (Lipinski definition) is 2. The normalized spacial score (nSPS) is 11.3. The molecule has 0 aliphatic carbocycles. The minimum Gasteiger partial charge on any atom is -0.467 e. The molecule has 6 heteroatoms. The van der Waals surface area contributed by atoms with Gasteiger partial charge in [0.15, 0.2) is 4.77 Å². The van der Waals surface area contributed by atoms with Crippen molar-refractivity contribution in [1.29, 1.82) is 0 Å². The van der Waals surface area contributed by atoms with Crippen molar-refractivity contribution in [3.05, 3.63) is 70.3 Å². The van der Waals surface area contributed by atoms with Gasteiger partial charge < -0.3 is 9.40 Å². The van der Waals surface area contributed by atoms with Crippen LogP contribution in [0.2, 0.25) is 0 Å². The fraction of sp³-hybridized carbons (Fsp3) is 0.176. The smallest absolute Gasteiger partial charge is 0.195 e. The first-order valence-electron chi connectivity index (χ1n) is 7.45. The average molecular weight is 324 g/mol. The second-order valence-electron chi connectivity index (χ2n) is 5.56. The van der Waals surface area contributed by atoms with Crippen molar-refractivity contribution in [3.63, 3.8) is 0 Å². The Hall–Kier alpha value is -2.60. The topological polar surface area (TPSA) is 62.5 Å². The quantitative estimate of drug-likeness (QED) is 0.559. The third-order valence-corrected chi connectivity index (χ3v) is 4.40. The van der Waals surface area contributed by atoms with Crippen LogP contribution >= 0.6 is 12.2 Å². The van der Waals surface area contributed by atoms with Gasteiger partial charge in [-0.25, -0.2) is 0 Å². The zero-order valence-electron chi connectivity index (χ0n) is 12.7. The van der Waals surface area contributed by atoms with E-state index in [4.69, 9.17) is 16.6 Å². The molecule has 4 aromatic rings. The van der Waals surface area contributed by atoms with Gasteiger partial charge in [-0.3, -0.25) is 9.67 Å². The van der Waals surface area contributed by atoms with Gasteiger partial charge >= 0.3 is 0 Å². The van der Waals surface area contributed by atoms with E-state index in [1.807, 2.05) is 22.8 Å². The Morgan fingerprint density at radius 2 is 2.09 bits per heavy atom. The van der Waals surface area contributed by atoms with Gasteiger partial charge in [-0.15, -0.1) is 0 Å². The van der Waals surface area contributed by atoms with E-state index in [0.29, 0.717) is 17.7 Å². The molecule has 116 valence electrons. The molecule has 5 nitrogen and oxygen atoms in total. The molecule has 0 unspecified atom stereocenters. The predicted molar refractivity (Wildman–Crippen MR) is 91.1 cm³/mol. The van der Waals surface area contributed by atoms with Crippen molar-refractivity contribution < 1.29 is 4.42 Å². The molecule has 0 spiro atoms. The van der Waals surface area contributed by atoms with Crippen LogP contribution in [-0.4, -0.2) is 19.7 Å². The second-order valence-corrected chi connectivity index (χ2v) is 5.95. The summed E-state index contributed by atoms with van der Waals surface area (Å²) in [6.07, 6.45) is 2.38. The lowest BCUT2D eigenvalue weighted by atomic mass is 10.1. The second kappa shape index (κ2) is 5.55. The molecule has 23 heavy (non-hydrogen) atoms. The summed E-state index contributed by atoms with van der Waals surface area (Å²) in [6, 6.07) is 12.1. The van der Waals surface area contributed by atoms with E-state index >= 15 is 0 Å². The number of aromatic amines is 2. The van der Waals surface area contributed by atoms with E-state index in [-0.39, 0.29) is 0 Å². The Kier molecular flexibility index (Phi) is 3.38. The number of nitrogens with zero attached hydrogens (tertiary/aromatic N) is 2. The first-order valence-corrected chi connectivity index (χ1v) is 7.86. The van der Waals surface area contributed by atoms with E-state index in [9.17, 15) is 0 Å². The van der Waals surface area contributed by atoms with E-state index in [1.54, 1.807) is 6.26 Å². The van der Waals surface area contributed by atoms with Crippen molar-refractivity contribution >= 4 is 23.1 Å². The van der Waals surface area contributed by atoms with Crippen LogP contribution in [-0.2, 0) is 13.0 Å². The molecule has 0 radical (unpaired) electrons. The van der Waals surface area contributed by atoms with Gasteiger partial charge in [-0.2, -0.15) is 5.10 Å². The van der Waals surface area contributed by atoms with Crippen LogP contribution in [0, 0.1) is 11.7 Å².